The summed E-state index contributed by atoms with van der Waals surface area (Å²) < 4.78 is 2.17. The maximum absolute atomic E-state index is 13.2. The zero-order valence-electron chi connectivity index (χ0n) is 19.8. The van der Waals surface area contributed by atoms with Gasteiger partial charge in [0.1, 0.15) is 5.82 Å². The number of para-hydroxylation sites is 2. The topological polar surface area (TPSA) is 41.4 Å². The lowest BCUT2D eigenvalue weighted by molar-refractivity contribution is 0.0640. The number of hydrogen-bond donors (Lipinski definition) is 0. The smallest absolute Gasteiger partial charge is 0.264 e. The van der Waals surface area contributed by atoms with Crippen LogP contribution in [0.15, 0.2) is 54.6 Å². The van der Waals surface area contributed by atoms with Crippen molar-refractivity contribution in [2.75, 3.05) is 18.0 Å². The van der Waals surface area contributed by atoms with E-state index in [1.165, 1.54) is 22.5 Å². The highest BCUT2D eigenvalue weighted by Crippen LogP contribution is 2.34. The first-order valence-corrected chi connectivity index (χ1v) is 13.1. The van der Waals surface area contributed by atoms with Crippen LogP contribution in [0.3, 0.4) is 0 Å². The van der Waals surface area contributed by atoms with E-state index in [4.69, 9.17) is 4.98 Å². The summed E-state index contributed by atoms with van der Waals surface area (Å²) in [6.07, 6.45) is 4.46. The molecule has 0 aliphatic carbocycles. The number of hydrogen-bond acceptors (Lipinski definition) is 4. The monoisotopic (exact) mass is 470 g/mol. The molecule has 2 aliphatic heterocycles. The molecule has 2 aliphatic rings. The van der Waals surface area contributed by atoms with Gasteiger partial charge in [-0.05, 0) is 68.5 Å². The summed E-state index contributed by atoms with van der Waals surface area (Å²) in [5.41, 5.74) is 5.80. The van der Waals surface area contributed by atoms with Crippen molar-refractivity contribution in [3.63, 3.8) is 0 Å². The summed E-state index contributed by atoms with van der Waals surface area (Å²) in [5.74, 6) is 1.21. The highest BCUT2D eigenvalue weighted by Gasteiger charge is 2.28. The van der Waals surface area contributed by atoms with E-state index in [0.29, 0.717) is 6.04 Å². The molecular weight excluding hydrogens is 440 g/mol. The first-order chi connectivity index (χ1) is 16.6. The van der Waals surface area contributed by atoms with Gasteiger partial charge in [-0.25, -0.2) is 4.98 Å². The minimum Gasteiger partial charge on any atom is -0.367 e. The van der Waals surface area contributed by atoms with Crippen LogP contribution in [0.1, 0.15) is 46.3 Å². The van der Waals surface area contributed by atoms with E-state index in [0.717, 1.165) is 66.2 Å². The number of aryl methyl sites for hydroxylation is 1. The van der Waals surface area contributed by atoms with Gasteiger partial charge in [0.05, 0.1) is 15.9 Å². The van der Waals surface area contributed by atoms with Gasteiger partial charge in [-0.15, -0.1) is 11.3 Å². The summed E-state index contributed by atoms with van der Waals surface area (Å²) in [7, 11) is 2.08. The van der Waals surface area contributed by atoms with E-state index >= 15 is 0 Å². The largest absolute Gasteiger partial charge is 0.367 e. The number of piperidine rings is 1. The molecule has 2 aromatic carbocycles. The van der Waals surface area contributed by atoms with Gasteiger partial charge in [0.2, 0.25) is 0 Å². The fourth-order valence-corrected chi connectivity index (χ4v) is 6.56. The summed E-state index contributed by atoms with van der Waals surface area (Å²) in [5, 5.41) is 0. The van der Waals surface area contributed by atoms with Crippen LogP contribution in [0, 0.1) is 0 Å². The molecule has 0 radical (unpaired) electrons. The highest BCUT2D eigenvalue weighted by atomic mass is 32.1. The van der Waals surface area contributed by atoms with Gasteiger partial charge in [0.15, 0.2) is 0 Å². The molecule has 1 saturated heterocycles. The van der Waals surface area contributed by atoms with Gasteiger partial charge in [-0.2, -0.15) is 0 Å². The Morgan fingerprint density at radius 1 is 1.06 bits per heavy atom. The lowest BCUT2D eigenvalue weighted by atomic mass is 10.0. The molecule has 0 bridgehead atoms. The number of rotatable bonds is 3. The van der Waals surface area contributed by atoms with Crippen LogP contribution in [-0.2, 0) is 20.0 Å². The van der Waals surface area contributed by atoms with E-state index < -0.39 is 0 Å². The van der Waals surface area contributed by atoms with E-state index in [1.54, 1.807) is 11.3 Å². The van der Waals surface area contributed by atoms with E-state index in [2.05, 4.69) is 76.9 Å². The number of amides is 1. The molecule has 2 aromatic heterocycles. The molecule has 174 valence electrons. The Bertz CT molecular complexity index is 1370. The predicted octanol–water partition coefficient (Wildman–Crippen LogP) is 5.88. The number of thiophene rings is 1. The van der Waals surface area contributed by atoms with Gasteiger partial charge in [-0.3, -0.25) is 4.79 Å². The van der Waals surface area contributed by atoms with Crippen LogP contribution in [0.4, 0.5) is 5.69 Å². The van der Waals surface area contributed by atoms with Gasteiger partial charge in [0.25, 0.3) is 5.91 Å². The van der Waals surface area contributed by atoms with Crippen molar-refractivity contribution in [3.05, 3.63) is 69.9 Å². The lowest BCUT2D eigenvalue weighted by Gasteiger charge is -2.33. The maximum Gasteiger partial charge on any atom is 0.264 e. The number of carbonyl (C=O) groups is 1. The molecule has 5 nitrogen and oxygen atoms in total. The minimum atomic E-state index is 0.224. The predicted molar refractivity (Wildman–Crippen MR) is 140 cm³/mol. The molecule has 1 atom stereocenters. The fourth-order valence-electron chi connectivity index (χ4n) is 5.45. The van der Waals surface area contributed by atoms with Crippen LogP contribution < -0.4 is 4.90 Å². The van der Waals surface area contributed by atoms with Crippen LogP contribution in [-0.4, -0.2) is 39.5 Å². The second-order valence-corrected chi connectivity index (χ2v) is 10.7. The Balaban J connectivity index is 1.25. The lowest BCUT2D eigenvalue weighted by Crippen LogP contribution is -2.41. The number of benzene rings is 2. The standard InChI is InChI=1S/C28H30N4OS/c1-19-8-5-6-14-32(19)28(33)26-17-21-18-31(15-13-25(21)34-26)22-10-7-9-20(16-22)27-29-23-11-3-4-12-24(23)30(27)2/h3-4,7,9-12,16-17,19H,5-6,8,13-15,18H2,1-2H3. The molecule has 4 heterocycles. The van der Waals surface area contributed by atoms with Crippen LogP contribution in [0.2, 0.25) is 0 Å². The van der Waals surface area contributed by atoms with Crippen molar-refractivity contribution in [1.29, 1.82) is 0 Å². The maximum atomic E-state index is 13.2. The van der Waals surface area contributed by atoms with Crippen molar-refractivity contribution < 1.29 is 4.79 Å². The Hall–Kier alpha value is -3.12. The number of carbonyl (C=O) groups excluding carboxylic acids is 1. The van der Waals surface area contributed by atoms with Crippen molar-refractivity contribution in [3.8, 4) is 11.4 Å². The average molecular weight is 471 g/mol. The van der Waals surface area contributed by atoms with E-state index in [-0.39, 0.29) is 5.91 Å². The Kier molecular flexibility index (Phi) is 5.41. The summed E-state index contributed by atoms with van der Waals surface area (Å²) in [4.78, 5) is 24.9. The summed E-state index contributed by atoms with van der Waals surface area (Å²) in [6, 6.07) is 19.5. The molecule has 1 unspecified atom stereocenters. The van der Waals surface area contributed by atoms with E-state index in [9.17, 15) is 4.79 Å². The van der Waals surface area contributed by atoms with Crippen molar-refractivity contribution in [1.82, 2.24) is 14.5 Å². The third-order valence-electron chi connectivity index (χ3n) is 7.40. The van der Waals surface area contributed by atoms with Crippen molar-refractivity contribution in [2.45, 2.75) is 45.2 Å². The number of nitrogens with zero attached hydrogens (tertiary/aromatic N) is 4. The molecule has 6 heteroatoms. The second kappa shape index (κ2) is 8.58. The molecule has 1 fully saturated rings. The quantitative estimate of drug-likeness (QED) is 0.375. The van der Waals surface area contributed by atoms with Gasteiger partial charge >= 0.3 is 0 Å². The normalized spacial score (nSPS) is 18.4. The van der Waals surface area contributed by atoms with Crippen molar-refractivity contribution >= 4 is 34.0 Å². The summed E-state index contributed by atoms with van der Waals surface area (Å²) >= 11 is 1.71. The Morgan fingerprint density at radius 3 is 2.79 bits per heavy atom. The second-order valence-electron chi connectivity index (χ2n) is 9.61. The minimum absolute atomic E-state index is 0.224. The number of aromatic nitrogens is 2. The zero-order chi connectivity index (χ0) is 23.2. The third-order valence-corrected chi connectivity index (χ3v) is 8.62. The molecule has 6 rings (SSSR count). The first kappa shape index (κ1) is 21.4. The Labute approximate surface area is 204 Å². The van der Waals surface area contributed by atoms with Crippen LogP contribution in [0.5, 0.6) is 0 Å². The molecule has 4 aromatic rings. The molecule has 0 saturated carbocycles. The van der Waals surface area contributed by atoms with Crippen LogP contribution in [0.25, 0.3) is 22.4 Å². The van der Waals surface area contributed by atoms with Gasteiger partial charge in [-0.1, -0.05) is 24.3 Å². The number of anilines is 1. The van der Waals surface area contributed by atoms with Crippen molar-refractivity contribution in [2.24, 2.45) is 7.05 Å². The first-order valence-electron chi connectivity index (χ1n) is 12.3. The molecule has 1 amide bonds. The highest BCUT2D eigenvalue weighted by molar-refractivity contribution is 7.14. The van der Waals surface area contributed by atoms with Gasteiger partial charge in [0, 0.05) is 48.9 Å². The average Bonchev–Trinajstić information content (AvgIpc) is 3.45. The number of likely N-dealkylation sites (tertiary alicyclic amines) is 1. The summed E-state index contributed by atoms with van der Waals surface area (Å²) in [6.45, 7) is 4.89. The zero-order valence-corrected chi connectivity index (χ0v) is 20.6. The third kappa shape index (κ3) is 3.70. The number of fused-ring (bicyclic) bond motifs is 2. The van der Waals surface area contributed by atoms with Crippen LogP contribution >= 0.6 is 11.3 Å². The number of imidazole rings is 1. The fraction of sp³-hybridized carbons (Fsp3) is 0.357. The SMILES string of the molecule is CC1CCCCN1C(=O)c1cc2c(s1)CCN(c1cccc(-c3nc4ccccc4n3C)c1)C2. The van der Waals surface area contributed by atoms with Gasteiger partial charge < -0.3 is 14.4 Å². The molecular formula is C28H30N4OS. The molecule has 34 heavy (non-hydrogen) atoms. The molecule has 0 N–H and O–H groups in total. The Morgan fingerprint density at radius 2 is 1.94 bits per heavy atom. The van der Waals surface area contributed by atoms with E-state index in [1.807, 2.05) is 6.07 Å². The molecule has 0 spiro atoms.